The van der Waals surface area contributed by atoms with Crippen LogP contribution in [0.4, 0.5) is 0 Å². The summed E-state index contributed by atoms with van der Waals surface area (Å²) < 4.78 is 0. The molecular weight excluding hydrogens is 254 g/mol. The number of likely N-dealkylation sites (tertiary alicyclic amines) is 1. The van der Waals surface area contributed by atoms with E-state index in [2.05, 4.69) is 38.7 Å². The molecule has 1 heterocycles. The van der Waals surface area contributed by atoms with Gasteiger partial charge in [-0.15, -0.1) is 0 Å². The zero-order chi connectivity index (χ0) is 15.2. The molecule has 1 fully saturated rings. The first kappa shape index (κ1) is 17.1. The molecule has 0 aromatic heterocycles. The molecule has 21 heavy (non-hydrogen) atoms. The van der Waals surface area contributed by atoms with Crippen molar-refractivity contribution in [2.24, 2.45) is 17.8 Å². The topological polar surface area (TPSA) is 3.24 Å². The highest BCUT2D eigenvalue weighted by atomic mass is 15.2. The maximum Gasteiger partial charge on any atom is 0.0279 e. The van der Waals surface area contributed by atoms with Crippen molar-refractivity contribution >= 4 is 0 Å². The van der Waals surface area contributed by atoms with E-state index in [0.717, 1.165) is 17.8 Å². The second-order valence-corrected chi connectivity index (χ2v) is 7.68. The van der Waals surface area contributed by atoms with Gasteiger partial charge in [0.25, 0.3) is 0 Å². The zero-order valence-electron chi connectivity index (χ0n) is 14.9. The normalized spacial score (nSPS) is 30.2. The minimum Gasteiger partial charge on any atom is -0.297 e. The van der Waals surface area contributed by atoms with Gasteiger partial charge in [0, 0.05) is 6.04 Å². The molecule has 1 aliphatic heterocycles. The number of unbranched alkanes of at least 4 members (excludes halogenated alkanes) is 1. The summed E-state index contributed by atoms with van der Waals surface area (Å²) in [5, 5.41) is 0. The van der Waals surface area contributed by atoms with E-state index >= 15 is 0 Å². The van der Waals surface area contributed by atoms with E-state index in [1.54, 1.807) is 5.57 Å². The van der Waals surface area contributed by atoms with Gasteiger partial charge in [0.15, 0.2) is 0 Å². The maximum atomic E-state index is 2.75. The van der Waals surface area contributed by atoms with Crippen LogP contribution in [0.5, 0.6) is 0 Å². The van der Waals surface area contributed by atoms with Gasteiger partial charge in [-0.05, 0) is 69.9 Å². The lowest BCUT2D eigenvalue weighted by Gasteiger charge is -2.39. The molecule has 122 valence electrons. The molecule has 1 nitrogen and oxygen atoms in total. The van der Waals surface area contributed by atoms with Crippen LogP contribution >= 0.6 is 0 Å². The Morgan fingerprint density at radius 1 is 1.19 bits per heavy atom. The summed E-state index contributed by atoms with van der Waals surface area (Å²) >= 11 is 0. The Kier molecular flexibility index (Phi) is 6.79. The summed E-state index contributed by atoms with van der Waals surface area (Å²) in [5.74, 6) is 2.85. The minimum absolute atomic E-state index is 0.694. The van der Waals surface area contributed by atoms with E-state index in [-0.39, 0.29) is 0 Å². The molecule has 1 heteroatoms. The van der Waals surface area contributed by atoms with Crippen LogP contribution < -0.4 is 0 Å². The smallest absolute Gasteiger partial charge is 0.0279 e. The fraction of sp³-hybridized carbons (Fsp3) is 0.900. The molecule has 0 spiro atoms. The number of nitrogens with zero attached hydrogens (tertiary/aromatic N) is 1. The monoisotopic (exact) mass is 291 g/mol. The lowest BCUT2D eigenvalue weighted by Crippen LogP contribution is -2.41. The summed E-state index contributed by atoms with van der Waals surface area (Å²) in [7, 11) is 0. The lowest BCUT2D eigenvalue weighted by molar-refractivity contribution is 0.154. The Balaban J connectivity index is 1.94. The van der Waals surface area contributed by atoms with Crippen molar-refractivity contribution in [2.45, 2.75) is 85.1 Å². The van der Waals surface area contributed by atoms with Crippen LogP contribution in [0.2, 0.25) is 0 Å². The van der Waals surface area contributed by atoms with Crippen LogP contribution in [-0.2, 0) is 0 Å². The molecule has 0 aromatic carbocycles. The molecule has 0 bridgehead atoms. The van der Waals surface area contributed by atoms with Gasteiger partial charge in [0.1, 0.15) is 0 Å². The van der Waals surface area contributed by atoms with E-state index in [9.17, 15) is 0 Å². The average Bonchev–Trinajstić information content (AvgIpc) is 2.52. The van der Waals surface area contributed by atoms with E-state index in [4.69, 9.17) is 0 Å². The van der Waals surface area contributed by atoms with Crippen molar-refractivity contribution < 1.29 is 0 Å². The Bertz CT molecular complexity index is 325. The van der Waals surface area contributed by atoms with Crippen LogP contribution in [0.1, 0.15) is 79.1 Å². The predicted molar refractivity (Wildman–Crippen MR) is 93.5 cm³/mol. The van der Waals surface area contributed by atoms with Gasteiger partial charge < -0.3 is 0 Å². The fourth-order valence-corrected chi connectivity index (χ4v) is 4.34. The summed E-state index contributed by atoms with van der Waals surface area (Å²) in [6.45, 7) is 12.2. The van der Waals surface area contributed by atoms with Crippen LogP contribution in [0.15, 0.2) is 11.6 Å². The van der Waals surface area contributed by atoms with E-state index < -0.39 is 0 Å². The first-order valence-corrected chi connectivity index (χ1v) is 9.58. The highest BCUT2D eigenvalue weighted by Crippen LogP contribution is 2.37. The number of hydrogen-bond donors (Lipinski definition) is 0. The zero-order valence-corrected chi connectivity index (χ0v) is 14.9. The third kappa shape index (κ3) is 4.58. The van der Waals surface area contributed by atoms with Crippen molar-refractivity contribution in [1.29, 1.82) is 0 Å². The molecule has 1 unspecified atom stereocenters. The second kappa shape index (κ2) is 8.36. The quantitative estimate of drug-likeness (QED) is 0.571. The van der Waals surface area contributed by atoms with Crippen molar-refractivity contribution in [1.82, 2.24) is 4.90 Å². The van der Waals surface area contributed by atoms with Gasteiger partial charge in [-0.3, -0.25) is 4.90 Å². The highest BCUT2D eigenvalue weighted by molar-refractivity contribution is 5.15. The number of piperidine rings is 1. The van der Waals surface area contributed by atoms with Gasteiger partial charge in [0.2, 0.25) is 0 Å². The minimum atomic E-state index is 0.694. The standard InChI is InChI=1S/C20H37N/c1-5-7-8-20-15-19(10-9-18(20)6-2)17(4)21-13-11-16(3)12-14-21/h10,16-18,20H,5-9,11-15H2,1-4H3/t17-,18?,20+/m0/s1. The molecule has 1 aliphatic carbocycles. The molecule has 0 radical (unpaired) electrons. The van der Waals surface area contributed by atoms with Crippen LogP contribution in [-0.4, -0.2) is 24.0 Å². The largest absolute Gasteiger partial charge is 0.297 e. The molecule has 0 aromatic rings. The van der Waals surface area contributed by atoms with Crippen LogP contribution in [0.25, 0.3) is 0 Å². The lowest BCUT2D eigenvalue weighted by atomic mass is 9.74. The number of rotatable bonds is 6. The Morgan fingerprint density at radius 3 is 2.52 bits per heavy atom. The van der Waals surface area contributed by atoms with Gasteiger partial charge in [-0.1, -0.05) is 51.7 Å². The van der Waals surface area contributed by atoms with E-state index in [1.807, 2.05) is 0 Å². The summed E-state index contributed by atoms with van der Waals surface area (Å²) in [4.78, 5) is 2.75. The molecule has 0 amide bonds. The molecule has 2 rings (SSSR count). The molecule has 3 atom stereocenters. The maximum absolute atomic E-state index is 2.75. The first-order chi connectivity index (χ1) is 10.2. The Morgan fingerprint density at radius 2 is 1.90 bits per heavy atom. The highest BCUT2D eigenvalue weighted by Gasteiger charge is 2.29. The summed E-state index contributed by atoms with van der Waals surface area (Å²) in [6, 6.07) is 0.694. The molecular formula is C20H37N. The van der Waals surface area contributed by atoms with Crippen molar-refractivity contribution in [2.75, 3.05) is 13.1 Å². The molecule has 2 aliphatic rings. The molecule has 0 N–H and O–H groups in total. The van der Waals surface area contributed by atoms with Gasteiger partial charge in [-0.25, -0.2) is 0 Å². The first-order valence-electron chi connectivity index (χ1n) is 9.58. The Labute approximate surface area is 133 Å². The van der Waals surface area contributed by atoms with Crippen LogP contribution in [0, 0.1) is 17.8 Å². The second-order valence-electron chi connectivity index (χ2n) is 7.68. The Hall–Kier alpha value is -0.300. The SMILES string of the molecule is CCCC[C@@H]1CC([C@H](C)N2CCC(C)CC2)=CCC1CC. The molecule has 0 saturated carbocycles. The average molecular weight is 292 g/mol. The summed E-state index contributed by atoms with van der Waals surface area (Å²) in [6.07, 6.45) is 13.7. The molecule has 1 saturated heterocycles. The summed E-state index contributed by atoms with van der Waals surface area (Å²) in [5.41, 5.74) is 1.76. The van der Waals surface area contributed by atoms with Crippen LogP contribution in [0.3, 0.4) is 0 Å². The third-order valence-electron chi connectivity index (χ3n) is 6.20. The predicted octanol–water partition coefficient (Wildman–Crippen LogP) is 5.66. The van der Waals surface area contributed by atoms with Gasteiger partial charge in [-0.2, -0.15) is 0 Å². The van der Waals surface area contributed by atoms with E-state index in [0.29, 0.717) is 6.04 Å². The van der Waals surface area contributed by atoms with Crippen molar-refractivity contribution in [3.05, 3.63) is 11.6 Å². The fourth-order valence-electron chi connectivity index (χ4n) is 4.34. The van der Waals surface area contributed by atoms with E-state index in [1.165, 1.54) is 64.5 Å². The third-order valence-corrected chi connectivity index (χ3v) is 6.20. The van der Waals surface area contributed by atoms with Gasteiger partial charge in [0.05, 0.1) is 0 Å². The number of allylic oxidation sites excluding steroid dienone is 1. The van der Waals surface area contributed by atoms with Crippen molar-refractivity contribution in [3.63, 3.8) is 0 Å². The number of hydrogen-bond acceptors (Lipinski definition) is 1. The van der Waals surface area contributed by atoms with Crippen molar-refractivity contribution in [3.8, 4) is 0 Å². The van der Waals surface area contributed by atoms with Gasteiger partial charge >= 0.3 is 0 Å².